The van der Waals surface area contributed by atoms with Gasteiger partial charge in [-0.25, -0.2) is 9.97 Å². The highest BCUT2D eigenvalue weighted by atomic mass is 16.5. The van der Waals surface area contributed by atoms with Crippen LogP contribution in [0, 0.1) is 25.2 Å². The summed E-state index contributed by atoms with van der Waals surface area (Å²) in [5.41, 5.74) is 4.59. The Bertz CT molecular complexity index is 1030. The molecule has 1 aromatic heterocycles. The van der Waals surface area contributed by atoms with Crippen LogP contribution >= 0.6 is 0 Å². The molecular weight excluding hydrogens is 312 g/mol. The molecule has 1 heterocycles. The largest absolute Gasteiger partial charge is 0.497 e. The first-order chi connectivity index (χ1) is 12.5. The van der Waals surface area contributed by atoms with Gasteiger partial charge in [0.1, 0.15) is 19.2 Å². The maximum absolute atomic E-state index is 8.69. The number of methoxy groups -OCH3 is 1. The van der Waals surface area contributed by atoms with E-state index in [1.54, 1.807) is 13.2 Å². The predicted molar refractivity (Wildman–Crippen MR) is 99.9 cm³/mol. The quantitative estimate of drug-likeness (QED) is 0.711. The molecule has 3 aromatic rings. The summed E-state index contributed by atoms with van der Waals surface area (Å²) in [6.07, 6.45) is 3.18. The lowest BCUT2D eigenvalue weighted by molar-refractivity contribution is 0.415. The van der Waals surface area contributed by atoms with Crippen molar-refractivity contribution in [1.29, 1.82) is 5.26 Å². The van der Waals surface area contributed by atoms with Crippen LogP contribution in [0.25, 0.3) is 17.0 Å². The molecule has 0 saturated heterocycles. The van der Waals surface area contributed by atoms with Crippen molar-refractivity contribution in [3.8, 4) is 11.8 Å². The zero-order valence-electron chi connectivity index (χ0n) is 15.3. The molecule has 0 saturated carbocycles. The minimum Gasteiger partial charge on any atom is -0.497 e. The summed E-state index contributed by atoms with van der Waals surface area (Å²) >= 11 is 0. The molecule has 0 atom stereocenters. The summed E-state index contributed by atoms with van der Waals surface area (Å²) in [7, 11) is 1.61. The molecule has 0 aliphatic rings. The van der Waals surface area contributed by atoms with Gasteiger partial charge >= 0.3 is 0 Å². The summed E-state index contributed by atoms with van der Waals surface area (Å²) < 4.78 is 13.2. The maximum atomic E-state index is 8.69. The highest BCUT2D eigenvalue weighted by Gasteiger charge is 2.09. The second-order valence-corrected chi connectivity index (χ2v) is 5.67. The Morgan fingerprint density at radius 2 is 1.96 bits per heavy atom. The number of aromatic nitrogens is 2. The zero-order chi connectivity index (χ0) is 18.7. The van der Waals surface area contributed by atoms with Crippen molar-refractivity contribution in [2.75, 3.05) is 12.4 Å². The second-order valence-electron chi connectivity index (χ2n) is 5.67. The fourth-order valence-corrected chi connectivity index (χ4v) is 2.76. The lowest BCUT2D eigenvalue weighted by atomic mass is 10.0. The van der Waals surface area contributed by atoms with Gasteiger partial charge in [-0.3, -0.25) is 0 Å². The van der Waals surface area contributed by atoms with E-state index in [-0.39, 0.29) is 6.30 Å². The molecule has 124 valence electrons. The average molecular weight is 331 g/mol. The first-order valence-corrected chi connectivity index (χ1v) is 7.78. The number of benzene rings is 2. The Kier molecular flexibility index (Phi) is 4.25. The van der Waals surface area contributed by atoms with E-state index < -0.39 is 0 Å². The number of rotatable bonds is 4. The topological polar surface area (TPSA) is 70.8 Å². The van der Waals surface area contributed by atoms with E-state index in [1.165, 1.54) is 6.08 Å². The van der Waals surface area contributed by atoms with Crippen molar-refractivity contribution in [2.45, 2.75) is 13.8 Å². The number of nitriles is 1. The first kappa shape index (κ1) is 15.2. The van der Waals surface area contributed by atoms with Gasteiger partial charge in [-0.1, -0.05) is 0 Å². The molecule has 0 fully saturated rings. The Morgan fingerprint density at radius 3 is 2.64 bits per heavy atom. The highest BCUT2D eigenvalue weighted by molar-refractivity contribution is 5.92. The van der Waals surface area contributed by atoms with Crippen LogP contribution in [0.4, 0.5) is 11.5 Å². The van der Waals surface area contributed by atoms with Crippen molar-refractivity contribution < 1.29 is 6.11 Å². The first-order valence-electron chi connectivity index (χ1n) is 8.28. The van der Waals surface area contributed by atoms with E-state index >= 15 is 0 Å². The molecule has 1 N–H and O–H groups in total. The molecule has 0 spiro atoms. The molecule has 0 aliphatic heterocycles. The van der Waals surface area contributed by atoms with Crippen LogP contribution in [0.3, 0.4) is 0 Å². The van der Waals surface area contributed by atoms with E-state index in [0.29, 0.717) is 17.1 Å². The summed E-state index contributed by atoms with van der Waals surface area (Å²) in [6.45, 7) is 3.98. The number of aryl methyl sites for hydroxylation is 2. The Hall–Kier alpha value is -3.39. The van der Waals surface area contributed by atoms with Crippen molar-refractivity contribution in [1.82, 2.24) is 9.97 Å². The van der Waals surface area contributed by atoms with Crippen LogP contribution < -0.4 is 10.1 Å². The number of ether oxygens (including phenoxy) is 1. The molecule has 0 aliphatic carbocycles. The number of nitrogens with one attached hydrogen (secondary N) is 1. The van der Waals surface area contributed by atoms with Crippen molar-refractivity contribution in [2.24, 2.45) is 0 Å². The van der Waals surface area contributed by atoms with Gasteiger partial charge in [0, 0.05) is 17.1 Å². The standard InChI is InChI=1S/C20H18N4O/c1-13-9-15(5-4-8-21)10-14(2)19(13)24-20-17-11-16(25-3)6-7-18(17)22-12-23-20/h4-7,9-12H,1-3H3,(H,22,23,24)/i12D. The number of hydrogen-bond acceptors (Lipinski definition) is 5. The van der Waals surface area contributed by atoms with Crippen LogP contribution in [0.15, 0.2) is 42.7 Å². The molecule has 3 rings (SSSR count). The van der Waals surface area contributed by atoms with Crippen LogP contribution in [0.1, 0.15) is 18.1 Å². The normalized spacial score (nSPS) is 11.4. The molecule has 2 aromatic carbocycles. The van der Waals surface area contributed by atoms with Gasteiger partial charge in [-0.2, -0.15) is 5.26 Å². The molecular formula is C20H18N4O. The van der Waals surface area contributed by atoms with Crippen LogP contribution in [-0.2, 0) is 0 Å². The molecule has 0 radical (unpaired) electrons. The fraction of sp³-hybridized carbons (Fsp3) is 0.150. The smallest absolute Gasteiger partial charge is 0.141 e. The van der Waals surface area contributed by atoms with Gasteiger partial charge in [0.15, 0.2) is 0 Å². The van der Waals surface area contributed by atoms with E-state index in [0.717, 1.165) is 27.8 Å². The second kappa shape index (κ2) is 7.02. The van der Waals surface area contributed by atoms with Gasteiger partial charge < -0.3 is 10.1 Å². The van der Waals surface area contributed by atoms with Gasteiger partial charge in [0.2, 0.25) is 0 Å². The van der Waals surface area contributed by atoms with Gasteiger partial charge in [-0.05, 0) is 66.9 Å². The van der Waals surface area contributed by atoms with Crippen molar-refractivity contribution >= 4 is 28.5 Å². The summed E-state index contributed by atoms with van der Waals surface area (Å²) in [5.74, 6) is 1.26. The number of allylic oxidation sites excluding steroid dienone is 1. The van der Waals surface area contributed by atoms with Crippen molar-refractivity contribution in [3.63, 3.8) is 0 Å². The zero-order valence-corrected chi connectivity index (χ0v) is 14.3. The Labute approximate surface area is 148 Å². The van der Waals surface area contributed by atoms with Crippen LogP contribution in [0.5, 0.6) is 5.75 Å². The maximum Gasteiger partial charge on any atom is 0.141 e. The van der Waals surface area contributed by atoms with E-state index in [2.05, 4.69) is 15.3 Å². The highest BCUT2D eigenvalue weighted by Crippen LogP contribution is 2.30. The molecule has 0 amide bonds. The third kappa shape index (κ3) is 3.43. The predicted octanol–water partition coefficient (Wildman–Crippen LogP) is 4.54. The van der Waals surface area contributed by atoms with E-state index in [4.69, 9.17) is 11.4 Å². The minimum atomic E-state index is -0.0472. The third-order valence-electron chi connectivity index (χ3n) is 3.94. The minimum absolute atomic E-state index is 0.0472. The SMILES string of the molecule is [2H]c1nc(Nc2c(C)cc(C=CC#N)cc2C)c2cc(OC)ccc2n1. The molecule has 0 bridgehead atoms. The Morgan fingerprint density at radius 1 is 1.20 bits per heavy atom. The number of hydrogen-bond donors (Lipinski definition) is 1. The van der Waals surface area contributed by atoms with Crippen LogP contribution in [-0.4, -0.2) is 17.1 Å². The summed E-state index contributed by atoms with van der Waals surface area (Å²) in [6, 6.07) is 11.5. The Balaban J connectivity index is 2.09. The summed E-state index contributed by atoms with van der Waals surface area (Å²) in [5, 5.41) is 12.8. The van der Waals surface area contributed by atoms with E-state index in [9.17, 15) is 0 Å². The third-order valence-corrected chi connectivity index (χ3v) is 3.94. The molecule has 0 unspecified atom stereocenters. The number of fused-ring (bicyclic) bond motifs is 1. The molecule has 5 nitrogen and oxygen atoms in total. The monoisotopic (exact) mass is 331 g/mol. The van der Waals surface area contributed by atoms with Crippen LogP contribution in [0.2, 0.25) is 0 Å². The van der Waals surface area contributed by atoms with Gasteiger partial charge in [0.25, 0.3) is 0 Å². The fourth-order valence-electron chi connectivity index (χ4n) is 2.76. The lowest BCUT2D eigenvalue weighted by Crippen LogP contribution is -2.00. The van der Waals surface area contributed by atoms with Crippen molar-refractivity contribution in [3.05, 3.63) is 59.4 Å². The van der Waals surface area contributed by atoms with E-state index in [1.807, 2.05) is 50.2 Å². The molecule has 5 heteroatoms. The lowest BCUT2D eigenvalue weighted by Gasteiger charge is -2.15. The number of anilines is 2. The van der Waals surface area contributed by atoms with Gasteiger partial charge in [0.05, 0.1) is 18.7 Å². The van der Waals surface area contributed by atoms with Gasteiger partial charge in [-0.15, -0.1) is 0 Å². The summed E-state index contributed by atoms with van der Waals surface area (Å²) in [4.78, 5) is 8.42. The molecule has 25 heavy (non-hydrogen) atoms. The number of nitrogens with zero attached hydrogens (tertiary/aromatic N) is 3. The average Bonchev–Trinajstić information content (AvgIpc) is 2.62.